The van der Waals surface area contributed by atoms with E-state index in [1.165, 1.54) is 13.8 Å². The number of imidazole rings is 1. The van der Waals surface area contributed by atoms with E-state index in [1.807, 2.05) is 25.1 Å². The summed E-state index contributed by atoms with van der Waals surface area (Å²) in [7, 11) is 0. The van der Waals surface area contributed by atoms with E-state index < -0.39 is 5.67 Å². The van der Waals surface area contributed by atoms with Gasteiger partial charge in [0, 0.05) is 17.8 Å². The van der Waals surface area contributed by atoms with Crippen molar-refractivity contribution in [3.05, 3.63) is 30.2 Å². The van der Waals surface area contributed by atoms with Crippen LogP contribution in [0.15, 0.2) is 24.4 Å². The Hall–Kier alpha value is -3.23. The number of nitrogens with zero attached hydrogens (tertiary/aromatic N) is 6. The van der Waals surface area contributed by atoms with Crippen LogP contribution in [-0.4, -0.2) is 41.3 Å². The highest BCUT2D eigenvalue weighted by molar-refractivity contribution is 5.88. The second-order valence-electron chi connectivity index (χ2n) is 8.08. The van der Waals surface area contributed by atoms with Crippen molar-refractivity contribution in [2.24, 2.45) is 0 Å². The van der Waals surface area contributed by atoms with E-state index >= 15 is 0 Å². The molecule has 0 aliphatic carbocycles. The minimum Gasteiger partial charge on any atom is -0.382 e. The molecule has 4 aromatic heterocycles. The summed E-state index contributed by atoms with van der Waals surface area (Å²) < 4.78 is 17.5. The van der Waals surface area contributed by atoms with Crippen LogP contribution < -0.4 is 11.1 Å². The van der Waals surface area contributed by atoms with Gasteiger partial charge in [-0.15, -0.1) is 5.10 Å². The van der Waals surface area contributed by atoms with Gasteiger partial charge >= 0.3 is 0 Å². The Balaban J connectivity index is 1.79. The molecule has 0 unspecified atom stereocenters. The number of aromatic nitrogens is 6. The van der Waals surface area contributed by atoms with Crippen molar-refractivity contribution in [2.75, 3.05) is 17.6 Å². The van der Waals surface area contributed by atoms with Crippen molar-refractivity contribution in [2.45, 2.75) is 46.3 Å². The fourth-order valence-corrected chi connectivity index (χ4v) is 3.48. The molecule has 0 fully saturated rings. The number of fused-ring (bicyclic) bond motifs is 2. The number of anilines is 2. The third-order valence-corrected chi connectivity index (χ3v) is 4.71. The van der Waals surface area contributed by atoms with Gasteiger partial charge in [0.1, 0.15) is 22.5 Å². The first-order valence-electron chi connectivity index (χ1n) is 9.57. The molecule has 0 atom stereocenters. The Morgan fingerprint density at radius 2 is 1.93 bits per heavy atom. The number of pyridine rings is 1. The molecule has 0 amide bonds. The predicted octanol–water partition coefficient (Wildman–Crippen LogP) is 3.77. The van der Waals surface area contributed by atoms with E-state index in [-0.39, 0.29) is 18.5 Å². The molecule has 3 N–H and O–H groups in total. The van der Waals surface area contributed by atoms with Gasteiger partial charge in [-0.05, 0) is 52.8 Å². The van der Waals surface area contributed by atoms with Crippen LogP contribution >= 0.6 is 0 Å². The standard InChI is InChI=1S/C20H25FN8/c1-11(2)29-12(3)24-15-7-6-14(25-18(15)29)13-8-9-28-16(13)17(22)26-19(27-28)23-10-20(4,5)21/h6-9,11H,10H2,1-5H3,(H3,22,23,26,27). The second-order valence-corrected chi connectivity index (χ2v) is 8.08. The SMILES string of the molecule is Cc1nc2ccc(-c3ccn4nc(NCC(C)(C)F)nc(N)c34)nc2n1C(C)C. The van der Waals surface area contributed by atoms with Crippen molar-refractivity contribution in [3.63, 3.8) is 0 Å². The molecular formula is C20H25FN8. The van der Waals surface area contributed by atoms with E-state index in [2.05, 4.69) is 38.8 Å². The predicted molar refractivity (Wildman–Crippen MR) is 113 cm³/mol. The Morgan fingerprint density at radius 3 is 2.62 bits per heavy atom. The largest absolute Gasteiger partial charge is 0.382 e. The molecule has 4 heterocycles. The molecule has 4 aromatic rings. The molecule has 0 bridgehead atoms. The van der Waals surface area contributed by atoms with Gasteiger partial charge < -0.3 is 15.6 Å². The van der Waals surface area contributed by atoms with Crippen LogP contribution in [0.3, 0.4) is 0 Å². The highest BCUT2D eigenvalue weighted by atomic mass is 19.1. The number of nitrogens with two attached hydrogens (primary N) is 1. The molecule has 0 aromatic carbocycles. The first-order valence-corrected chi connectivity index (χ1v) is 9.57. The highest BCUT2D eigenvalue weighted by Gasteiger charge is 2.19. The molecule has 0 aliphatic rings. The zero-order chi connectivity index (χ0) is 20.9. The van der Waals surface area contributed by atoms with Crippen molar-refractivity contribution in [3.8, 4) is 11.3 Å². The normalized spacial score (nSPS) is 12.4. The number of nitrogens with one attached hydrogen (secondary N) is 1. The number of alkyl halides is 1. The van der Waals surface area contributed by atoms with Crippen molar-refractivity contribution in [1.82, 2.24) is 29.1 Å². The van der Waals surface area contributed by atoms with Crippen molar-refractivity contribution in [1.29, 1.82) is 0 Å². The lowest BCUT2D eigenvalue weighted by molar-refractivity contribution is 0.234. The van der Waals surface area contributed by atoms with Crippen LogP contribution in [-0.2, 0) is 0 Å². The Morgan fingerprint density at radius 1 is 1.17 bits per heavy atom. The number of halogens is 1. The third kappa shape index (κ3) is 3.48. The van der Waals surface area contributed by atoms with Gasteiger partial charge in [0.25, 0.3) is 0 Å². The zero-order valence-electron chi connectivity index (χ0n) is 17.2. The first-order chi connectivity index (χ1) is 13.6. The summed E-state index contributed by atoms with van der Waals surface area (Å²) in [4.78, 5) is 13.7. The van der Waals surface area contributed by atoms with Crippen LogP contribution in [0.5, 0.6) is 0 Å². The van der Waals surface area contributed by atoms with Gasteiger partial charge in [-0.2, -0.15) is 4.98 Å². The van der Waals surface area contributed by atoms with Gasteiger partial charge in [-0.25, -0.2) is 18.9 Å². The van der Waals surface area contributed by atoms with Gasteiger partial charge in [0.15, 0.2) is 11.5 Å². The molecule has 9 heteroatoms. The molecular weight excluding hydrogens is 371 g/mol. The van der Waals surface area contributed by atoms with Gasteiger partial charge in [-0.1, -0.05) is 0 Å². The number of hydrogen-bond acceptors (Lipinski definition) is 6. The number of rotatable bonds is 5. The van der Waals surface area contributed by atoms with Crippen molar-refractivity contribution >= 4 is 28.4 Å². The first kappa shape index (κ1) is 19.1. The van der Waals surface area contributed by atoms with Crippen LogP contribution in [0.2, 0.25) is 0 Å². The second kappa shape index (κ2) is 6.68. The third-order valence-electron chi connectivity index (χ3n) is 4.71. The van der Waals surface area contributed by atoms with Gasteiger partial charge in [0.05, 0.1) is 12.2 Å². The van der Waals surface area contributed by atoms with Crippen LogP contribution in [0.4, 0.5) is 16.2 Å². The molecule has 0 radical (unpaired) electrons. The molecule has 152 valence electrons. The van der Waals surface area contributed by atoms with E-state index in [1.54, 1.807) is 10.7 Å². The zero-order valence-corrected chi connectivity index (χ0v) is 17.2. The van der Waals surface area contributed by atoms with E-state index in [4.69, 9.17) is 10.7 Å². The summed E-state index contributed by atoms with van der Waals surface area (Å²) >= 11 is 0. The number of hydrogen-bond donors (Lipinski definition) is 2. The average molecular weight is 396 g/mol. The fraction of sp³-hybridized carbons (Fsp3) is 0.400. The summed E-state index contributed by atoms with van der Waals surface area (Å²) in [6.45, 7) is 9.25. The van der Waals surface area contributed by atoms with E-state index in [9.17, 15) is 4.39 Å². The average Bonchev–Trinajstić information content (AvgIpc) is 3.19. The summed E-state index contributed by atoms with van der Waals surface area (Å²) in [5.41, 5.74) is 8.78. The Bertz CT molecular complexity index is 1200. The smallest absolute Gasteiger partial charge is 0.243 e. The summed E-state index contributed by atoms with van der Waals surface area (Å²) in [6.07, 6.45) is 1.80. The molecule has 0 saturated heterocycles. The topological polar surface area (TPSA) is 98.9 Å². The summed E-state index contributed by atoms with van der Waals surface area (Å²) in [5.74, 6) is 1.50. The minimum absolute atomic E-state index is 0.0861. The Kier molecular flexibility index (Phi) is 4.40. The van der Waals surface area contributed by atoms with E-state index in [0.717, 1.165) is 28.2 Å². The number of nitrogen functional groups attached to an aromatic ring is 1. The lowest BCUT2D eigenvalue weighted by atomic mass is 10.2. The van der Waals surface area contributed by atoms with Gasteiger partial charge in [0.2, 0.25) is 5.95 Å². The maximum absolute atomic E-state index is 13.8. The fourth-order valence-electron chi connectivity index (χ4n) is 3.48. The monoisotopic (exact) mass is 396 g/mol. The lowest BCUT2D eigenvalue weighted by Gasteiger charge is -2.15. The molecule has 29 heavy (non-hydrogen) atoms. The summed E-state index contributed by atoms with van der Waals surface area (Å²) in [5, 5.41) is 7.29. The quantitative estimate of drug-likeness (QED) is 0.533. The van der Waals surface area contributed by atoms with Crippen LogP contribution in [0.1, 0.15) is 39.6 Å². The summed E-state index contributed by atoms with van der Waals surface area (Å²) in [6, 6.07) is 6.03. The van der Waals surface area contributed by atoms with Crippen LogP contribution in [0.25, 0.3) is 27.9 Å². The van der Waals surface area contributed by atoms with Crippen molar-refractivity contribution < 1.29 is 4.39 Å². The maximum Gasteiger partial charge on any atom is 0.243 e. The minimum atomic E-state index is -1.38. The molecule has 0 saturated carbocycles. The molecule has 8 nitrogen and oxygen atoms in total. The van der Waals surface area contributed by atoms with E-state index in [0.29, 0.717) is 11.3 Å². The Labute approximate surface area is 168 Å². The highest BCUT2D eigenvalue weighted by Crippen LogP contribution is 2.30. The number of aryl methyl sites for hydroxylation is 1. The van der Waals surface area contributed by atoms with Crippen LogP contribution in [0, 0.1) is 6.92 Å². The molecule has 4 rings (SSSR count). The molecule has 0 aliphatic heterocycles. The van der Waals surface area contributed by atoms with Gasteiger partial charge in [-0.3, -0.25) is 0 Å². The maximum atomic E-state index is 13.8. The lowest BCUT2D eigenvalue weighted by Crippen LogP contribution is -2.25. The molecule has 0 spiro atoms.